The van der Waals surface area contributed by atoms with Crippen LogP contribution in [0, 0.1) is 5.82 Å². The van der Waals surface area contributed by atoms with Gasteiger partial charge in [-0.2, -0.15) is 4.98 Å². The molecule has 5 heteroatoms. The molecule has 1 aliphatic rings. The summed E-state index contributed by atoms with van der Waals surface area (Å²) in [7, 11) is 0. The zero-order valence-electron chi connectivity index (χ0n) is 9.64. The van der Waals surface area contributed by atoms with E-state index in [1.165, 1.54) is 18.2 Å². The van der Waals surface area contributed by atoms with Gasteiger partial charge in [-0.3, -0.25) is 0 Å². The van der Waals surface area contributed by atoms with Gasteiger partial charge in [0.05, 0.1) is 0 Å². The molecular formula is C13H12FN3O. The van der Waals surface area contributed by atoms with Gasteiger partial charge in [0.15, 0.2) is 0 Å². The van der Waals surface area contributed by atoms with Crippen LogP contribution in [0.5, 0.6) is 11.6 Å². The van der Waals surface area contributed by atoms with Gasteiger partial charge >= 0.3 is 0 Å². The van der Waals surface area contributed by atoms with E-state index in [-0.39, 0.29) is 5.82 Å². The molecular weight excluding hydrogens is 233 g/mol. The van der Waals surface area contributed by atoms with Gasteiger partial charge in [-0.1, -0.05) is 6.07 Å². The summed E-state index contributed by atoms with van der Waals surface area (Å²) in [6.45, 7) is 0. The first-order chi connectivity index (χ1) is 8.70. The van der Waals surface area contributed by atoms with Gasteiger partial charge < -0.3 is 10.5 Å². The summed E-state index contributed by atoms with van der Waals surface area (Å²) < 4.78 is 18.5. The third kappa shape index (κ3) is 2.40. The Morgan fingerprint density at radius 3 is 2.78 bits per heavy atom. The molecule has 0 unspecified atom stereocenters. The van der Waals surface area contributed by atoms with E-state index >= 15 is 0 Å². The van der Waals surface area contributed by atoms with Crippen molar-refractivity contribution >= 4 is 5.82 Å². The van der Waals surface area contributed by atoms with Crippen LogP contribution in [0.2, 0.25) is 0 Å². The first kappa shape index (κ1) is 11.0. The number of nitrogens with zero attached hydrogens (tertiary/aromatic N) is 2. The van der Waals surface area contributed by atoms with E-state index in [1.807, 2.05) is 0 Å². The van der Waals surface area contributed by atoms with Gasteiger partial charge in [-0.05, 0) is 25.0 Å². The molecule has 0 amide bonds. The number of nitrogens with two attached hydrogens (primary N) is 1. The van der Waals surface area contributed by atoms with Gasteiger partial charge in [0.25, 0.3) is 0 Å². The number of ether oxygens (including phenoxy) is 1. The Morgan fingerprint density at radius 2 is 2.06 bits per heavy atom. The molecule has 0 atom stereocenters. The van der Waals surface area contributed by atoms with E-state index in [9.17, 15) is 4.39 Å². The lowest BCUT2D eigenvalue weighted by atomic mass is 10.3. The van der Waals surface area contributed by atoms with Crippen molar-refractivity contribution in [1.29, 1.82) is 0 Å². The number of nitrogen functional groups attached to an aromatic ring is 1. The van der Waals surface area contributed by atoms with Crippen molar-refractivity contribution in [3.63, 3.8) is 0 Å². The molecule has 0 saturated heterocycles. The van der Waals surface area contributed by atoms with E-state index in [4.69, 9.17) is 10.5 Å². The van der Waals surface area contributed by atoms with Crippen LogP contribution >= 0.6 is 0 Å². The molecule has 1 aliphatic carbocycles. The quantitative estimate of drug-likeness (QED) is 0.903. The summed E-state index contributed by atoms with van der Waals surface area (Å²) in [5.74, 6) is 1.88. The molecule has 0 bridgehead atoms. The number of rotatable bonds is 3. The van der Waals surface area contributed by atoms with Crippen molar-refractivity contribution in [2.75, 3.05) is 5.73 Å². The molecule has 3 rings (SSSR count). The van der Waals surface area contributed by atoms with Crippen molar-refractivity contribution in [1.82, 2.24) is 9.97 Å². The van der Waals surface area contributed by atoms with Crippen LogP contribution < -0.4 is 10.5 Å². The SMILES string of the molecule is Nc1cc(Oc2cccc(F)c2)nc(C2CC2)n1. The minimum Gasteiger partial charge on any atom is -0.439 e. The first-order valence-electron chi connectivity index (χ1n) is 5.78. The standard InChI is InChI=1S/C13H12FN3O/c14-9-2-1-3-10(6-9)18-12-7-11(15)16-13(17-12)8-4-5-8/h1-3,6-8H,4-5H2,(H2,15,16,17). The smallest absolute Gasteiger partial charge is 0.224 e. The lowest BCUT2D eigenvalue weighted by Crippen LogP contribution is -2.00. The molecule has 1 aromatic heterocycles. The molecule has 1 heterocycles. The fourth-order valence-electron chi connectivity index (χ4n) is 1.69. The molecule has 1 fully saturated rings. The molecule has 1 aromatic carbocycles. The van der Waals surface area contributed by atoms with Crippen LogP contribution in [0.15, 0.2) is 30.3 Å². The molecule has 92 valence electrons. The van der Waals surface area contributed by atoms with Gasteiger partial charge in [-0.15, -0.1) is 0 Å². The maximum absolute atomic E-state index is 13.0. The Hall–Kier alpha value is -2.17. The van der Waals surface area contributed by atoms with Crippen molar-refractivity contribution in [3.8, 4) is 11.6 Å². The fraction of sp³-hybridized carbons (Fsp3) is 0.231. The molecule has 1 saturated carbocycles. The lowest BCUT2D eigenvalue weighted by Gasteiger charge is -2.07. The molecule has 0 radical (unpaired) electrons. The Bertz CT molecular complexity index is 584. The number of halogens is 1. The zero-order valence-corrected chi connectivity index (χ0v) is 9.64. The number of benzene rings is 1. The number of hydrogen-bond donors (Lipinski definition) is 1. The van der Waals surface area contributed by atoms with Gasteiger partial charge in [-0.25, -0.2) is 9.37 Å². The molecule has 2 aromatic rings. The predicted octanol–water partition coefficient (Wildman–Crippen LogP) is 2.87. The Kier molecular flexibility index (Phi) is 2.59. The van der Waals surface area contributed by atoms with Gasteiger partial charge in [0, 0.05) is 18.1 Å². The van der Waals surface area contributed by atoms with Crippen molar-refractivity contribution in [2.45, 2.75) is 18.8 Å². The average Bonchev–Trinajstić information content (AvgIpc) is 3.11. The van der Waals surface area contributed by atoms with Gasteiger partial charge in [0.2, 0.25) is 5.88 Å². The fourth-order valence-corrected chi connectivity index (χ4v) is 1.69. The monoisotopic (exact) mass is 245 g/mol. The number of hydrogen-bond acceptors (Lipinski definition) is 4. The third-order valence-electron chi connectivity index (χ3n) is 2.70. The van der Waals surface area contributed by atoms with Crippen molar-refractivity contribution in [2.24, 2.45) is 0 Å². The van der Waals surface area contributed by atoms with Crippen LogP contribution in [0.4, 0.5) is 10.2 Å². The topological polar surface area (TPSA) is 61.0 Å². The summed E-state index contributed by atoms with van der Waals surface area (Å²) in [6.07, 6.45) is 2.17. The summed E-state index contributed by atoms with van der Waals surface area (Å²) in [6, 6.07) is 7.44. The minimum atomic E-state index is -0.350. The van der Waals surface area contributed by atoms with Crippen molar-refractivity contribution < 1.29 is 9.13 Å². The lowest BCUT2D eigenvalue weighted by molar-refractivity contribution is 0.454. The average molecular weight is 245 g/mol. The number of aromatic nitrogens is 2. The van der Waals surface area contributed by atoms with E-state index < -0.39 is 0 Å². The highest BCUT2D eigenvalue weighted by Gasteiger charge is 2.27. The second kappa shape index (κ2) is 4.25. The largest absolute Gasteiger partial charge is 0.439 e. The van der Waals surface area contributed by atoms with E-state index in [0.717, 1.165) is 12.8 Å². The second-order valence-corrected chi connectivity index (χ2v) is 4.32. The van der Waals surface area contributed by atoms with E-state index in [2.05, 4.69) is 9.97 Å². The maximum atomic E-state index is 13.0. The Balaban J connectivity index is 1.87. The van der Waals surface area contributed by atoms with Crippen LogP contribution in [0.3, 0.4) is 0 Å². The first-order valence-corrected chi connectivity index (χ1v) is 5.78. The molecule has 0 aliphatic heterocycles. The minimum absolute atomic E-state index is 0.350. The normalized spacial score (nSPS) is 14.5. The highest BCUT2D eigenvalue weighted by Crippen LogP contribution is 2.39. The highest BCUT2D eigenvalue weighted by atomic mass is 19.1. The van der Waals surface area contributed by atoms with Crippen LogP contribution in [-0.2, 0) is 0 Å². The maximum Gasteiger partial charge on any atom is 0.224 e. The molecule has 4 nitrogen and oxygen atoms in total. The second-order valence-electron chi connectivity index (χ2n) is 4.32. The highest BCUT2D eigenvalue weighted by molar-refractivity contribution is 5.36. The summed E-state index contributed by atoms with van der Waals surface area (Å²) in [5, 5.41) is 0. The zero-order chi connectivity index (χ0) is 12.5. The summed E-state index contributed by atoms with van der Waals surface area (Å²) >= 11 is 0. The Morgan fingerprint density at radius 1 is 1.22 bits per heavy atom. The van der Waals surface area contributed by atoms with Crippen LogP contribution in [0.1, 0.15) is 24.6 Å². The van der Waals surface area contributed by atoms with Gasteiger partial charge in [0.1, 0.15) is 23.2 Å². The van der Waals surface area contributed by atoms with Crippen molar-refractivity contribution in [3.05, 3.63) is 42.0 Å². The molecule has 18 heavy (non-hydrogen) atoms. The summed E-state index contributed by atoms with van der Waals surface area (Å²) in [5.41, 5.74) is 5.70. The summed E-state index contributed by atoms with van der Waals surface area (Å²) in [4.78, 5) is 8.45. The third-order valence-corrected chi connectivity index (χ3v) is 2.70. The van der Waals surface area contributed by atoms with Crippen LogP contribution in [-0.4, -0.2) is 9.97 Å². The molecule has 0 spiro atoms. The van der Waals surface area contributed by atoms with E-state index in [1.54, 1.807) is 12.1 Å². The molecule has 2 N–H and O–H groups in total. The van der Waals surface area contributed by atoms with E-state index in [0.29, 0.717) is 29.2 Å². The Labute approximate surface area is 104 Å². The van der Waals surface area contributed by atoms with Crippen LogP contribution in [0.25, 0.3) is 0 Å². The number of anilines is 1. The predicted molar refractivity (Wildman–Crippen MR) is 64.9 cm³/mol.